The van der Waals surface area contributed by atoms with E-state index in [2.05, 4.69) is 10.2 Å². The highest BCUT2D eigenvalue weighted by molar-refractivity contribution is 6.05. The first-order valence-electron chi connectivity index (χ1n) is 9.88. The molecule has 158 valence electrons. The summed E-state index contributed by atoms with van der Waals surface area (Å²) in [4.78, 5) is 51.4. The van der Waals surface area contributed by atoms with Crippen molar-refractivity contribution in [2.45, 2.75) is 18.5 Å². The van der Waals surface area contributed by atoms with Gasteiger partial charge in [0.25, 0.3) is 5.91 Å². The SMILES string of the molecule is CN1C2=C(C[C@@H]1c1ccc(C=CC(N)=O)cc1)[C@H](N1CC=CC(=O)NC1=O)C(=O)C=C2. The van der Waals surface area contributed by atoms with Crippen molar-refractivity contribution in [1.29, 1.82) is 0 Å². The third kappa shape index (κ3) is 3.92. The number of carbonyl (C=O) groups excluding carboxylic acids is 4. The van der Waals surface area contributed by atoms with Gasteiger partial charge in [0.2, 0.25) is 5.91 Å². The van der Waals surface area contributed by atoms with E-state index in [1.165, 1.54) is 23.1 Å². The van der Waals surface area contributed by atoms with Crippen LogP contribution in [0.1, 0.15) is 23.6 Å². The van der Waals surface area contributed by atoms with Crippen LogP contribution in [0.4, 0.5) is 4.79 Å². The molecule has 0 fully saturated rings. The second-order valence-corrected chi connectivity index (χ2v) is 7.63. The average molecular weight is 418 g/mol. The van der Waals surface area contributed by atoms with E-state index >= 15 is 0 Å². The number of carbonyl (C=O) groups is 4. The first-order valence-corrected chi connectivity index (χ1v) is 9.88. The van der Waals surface area contributed by atoms with Crippen LogP contribution >= 0.6 is 0 Å². The third-order valence-corrected chi connectivity index (χ3v) is 5.73. The Kier molecular flexibility index (Phi) is 5.29. The first-order chi connectivity index (χ1) is 14.8. The van der Waals surface area contributed by atoms with Gasteiger partial charge in [-0.2, -0.15) is 0 Å². The van der Waals surface area contributed by atoms with E-state index in [0.717, 1.165) is 22.4 Å². The number of ketones is 1. The van der Waals surface area contributed by atoms with Crippen LogP contribution in [0, 0.1) is 0 Å². The topological polar surface area (TPSA) is 113 Å². The molecule has 31 heavy (non-hydrogen) atoms. The van der Waals surface area contributed by atoms with Gasteiger partial charge in [0, 0.05) is 31.4 Å². The summed E-state index contributed by atoms with van der Waals surface area (Å²) in [5, 5.41) is 2.28. The number of hydrogen-bond donors (Lipinski definition) is 2. The van der Waals surface area contributed by atoms with Crippen molar-refractivity contribution in [2.75, 3.05) is 13.6 Å². The fourth-order valence-corrected chi connectivity index (χ4v) is 4.23. The summed E-state index contributed by atoms with van der Waals surface area (Å²) in [7, 11) is 1.96. The van der Waals surface area contributed by atoms with E-state index in [1.54, 1.807) is 18.2 Å². The maximum absolute atomic E-state index is 12.8. The Balaban J connectivity index is 1.60. The molecule has 1 aromatic carbocycles. The van der Waals surface area contributed by atoms with Gasteiger partial charge in [-0.15, -0.1) is 0 Å². The van der Waals surface area contributed by atoms with Crippen LogP contribution in [-0.4, -0.2) is 53.1 Å². The lowest BCUT2D eigenvalue weighted by atomic mass is 9.91. The summed E-state index contributed by atoms with van der Waals surface area (Å²) in [6.07, 6.45) is 9.69. The van der Waals surface area contributed by atoms with Crippen LogP contribution in [0.5, 0.6) is 0 Å². The minimum atomic E-state index is -0.749. The molecule has 3 N–H and O–H groups in total. The number of rotatable bonds is 4. The highest BCUT2D eigenvalue weighted by atomic mass is 16.2. The highest BCUT2D eigenvalue weighted by Crippen LogP contribution is 2.42. The van der Waals surface area contributed by atoms with E-state index in [1.807, 2.05) is 31.3 Å². The van der Waals surface area contributed by atoms with Gasteiger partial charge in [-0.1, -0.05) is 30.3 Å². The zero-order valence-electron chi connectivity index (χ0n) is 16.9. The molecule has 3 aliphatic rings. The summed E-state index contributed by atoms with van der Waals surface area (Å²) in [5.74, 6) is -1.18. The van der Waals surface area contributed by atoms with Crippen molar-refractivity contribution in [3.05, 3.63) is 77.0 Å². The van der Waals surface area contributed by atoms with Crippen LogP contribution in [0.2, 0.25) is 0 Å². The molecule has 0 saturated carbocycles. The molecule has 2 aliphatic heterocycles. The molecule has 4 rings (SSSR count). The number of nitrogens with two attached hydrogens (primary N) is 1. The lowest BCUT2D eigenvalue weighted by Crippen LogP contribution is -2.50. The summed E-state index contributed by atoms with van der Waals surface area (Å²) in [6.45, 7) is 0.174. The average Bonchev–Trinajstić information content (AvgIpc) is 2.97. The summed E-state index contributed by atoms with van der Waals surface area (Å²) >= 11 is 0. The molecule has 8 heteroatoms. The molecule has 2 heterocycles. The predicted molar refractivity (Wildman–Crippen MR) is 114 cm³/mol. The van der Waals surface area contributed by atoms with Crippen LogP contribution < -0.4 is 11.1 Å². The fourth-order valence-electron chi connectivity index (χ4n) is 4.23. The van der Waals surface area contributed by atoms with Gasteiger partial charge in [0.15, 0.2) is 5.78 Å². The molecule has 1 aliphatic carbocycles. The highest BCUT2D eigenvalue weighted by Gasteiger charge is 2.41. The van der Waals surface area contributed by atoms with Gasteiger partial charge in [-0.3, -0.25) is 19.7 Å². The van der Waals surface area contributed by atoms with Crippen LogP contribution in [-0.2, 0) is 14.4 Å². The van der Waals surface area contributed by atoms with Gasteiger partial charge in [-0.05, 0) is 41.3 Å². The van der Waals surface area contributed by atoms with Crippen molar-refractivity contribution in [1.82, 2.24) is 15.1 Å². The largest absolute Gasteiger partial charge is 0.367 e. The Bertz CT molecular complexity index is 1080. The van der Waals surface area contributed by atoms with Crippen molar-refractivity contribution in [3.8, 4) is 0 Å². The van der Waals surface area contributed by atoms with Crippen LogP contribution in [0.25, 0.3) is 6.08 Å². The predicted octanol–water partition coefficient (Wildman–Crippen LogP) is 1.43. The Labute approximate surface area is 179 Å². The minimum absolute atomic E-state index is 0.00978. The molecule has 4 amide bonds. The quantitative estimate of drug-likeness (QED) is 0.719. The summed E-state index contributed by atoms with van der Waals surface area (Å²) in [6, 6.07) is 6.41. The van der Waals surface area contributed by atoms with Gasteiger partial charge < -0.3 is 15.5 Å². The van der Waals surface area contributed by atoms with E-state index in [9.17, 15) is 19.2 Å². The monoisotopic (exact) mass is 418 g/mol. The molecular formula is C23H22N4O4. The van der Waals surface area contributed by atoms with Crippen molar-refractivity contribution < 1.29 is 19.2 Å². The van der Waals surface area contributed by atoms with Gasteiger partial charge in [0.1, 0.15) is 6.04 Å². The molecule has 1 aromatic rings. The van der Waals surface area contributed by atoms with E-state index in [4.69, 9.17) is 5.73 Å². The maximum atomic E-state index is 12.8. The Morgan fingerprint density at radius 3 is 2.58 bits per heavy atom. The number of allylic oxidation sites excluding steroid dienone is 1. The number of nitrogens with zero attached hydrogens (tertiary/aromatic N) is 2. The smallest absolute Gasteiger partial charge is 0.325 e. The Hall–Kier alpha value is -3.94. The fraction of sp³-hybridized carbons (Fsp3) is 0.217. The summed E-state index contributed by atoms with van der Waals surface area (Å²) < 4.78 is 0. The zero-order valence-corrected chi connectivity index (χ0v) is 16.9. The van der Waals surface area contributed by atoms with Crippen LogP contribution in [0.3, 0.4) is 0 Å². The van der Waals surface area contributed by atoms with E-state index in [-0.39, 0.29) is 18.4 Å². The second kappa shape index (κ2) is 8.06. The molecule has 0 saturated heterocycles. The molecule has 0 aromatic heterocycles. The molecule has 0 bridgehead atoms. The molecule has 8 nitrogen and oxygen atoms in total. The normalized spacial score (nSPS) is 23.5. The number of benzene rings is 1. The number of likely N-dealkylation sites (N-methyl/N-ethyl adjacent to an activating group) is 1. The number of primary amides is 1. The van der Waals surface area contributed by atoms with Crippen molar-refractivity contribution >= 4 is 29.7 Å². The first kappa shape index (κ1) is 20.3. The minimum Gasteiger partial charge on any atom is -0.367 e. The number of amides is 4. The van der Waals surface area contributed by atoms with Crippen molar-refractivity contribution in [3.63, 3.8) is 0 Å². The number of imide groups is 1. The molecule has 0 spiro atoms. The second-order valence-electron chi connectivity index (χ2n) is 7.63. The van der Waals surface area contributed by atoms with Crippen LogP contribution in [0.15, 0.2) is 65.9 Å². The molecule has 0 unspecified atom stereocenters. The number of nitrogens with one attached hydrogen (secondary N) is 1. The Morgan fingerprint density at radius 2 is 1.87 bits per heavy atom. The number of hydrogen-bond acceptors (Lipinski definition) is 5. The zero-order chi connectivity index (χ0) is 22.1. The van der Waals surface area contributed by atoms with Crippen molar-refractivity contribution in [2.24, 2.45) is 5.73 Å². The lowest BCUT2D eigenvalue weighted by molar-refractivity contribution is -0.118. The summed E-state index contributed by atoms with van der Waals surface area (Å²) in [5.41, 5.74) is 8.80. The molecular weight excluding hydrogens is 396 g/mol. The number of urea groups is 1. The van der Waals surface area contributed by atoms with Gasteiger partial charge in [0.05, 0.1) is 6.04 Å². The van der Waals surface area contributed by atoms with Gasteiger partial charge in [-0.25, -0.2) is 4.79 Å². The Morgan fingerprint density at radius 1 is 1.13 bits per heavy atom. The maximum Gasteiger partial charge on any atom is 0.325 e. The standard InChI is InChI=1S/C23H22N4O4/c1-26-17-9-10-19(28)22(27-12-2-3-21(30)25-23(27)31)16(17)13-18(26)15-7-4-14(5-8-15)6-11-20(24)29/h2-11,18,22H,12-13H2,1H3,(H2,24,29)(H,25,30,31)/t18-,22+/m1/s1. The van der Waals surface area contributed by atoms with Gasteiger partial charge >= 0.3 is 6.03 Å². The lowest BCUT2D eigenvalue weighted by Gasteiger charge is -2.31. The van der Waals surface area contributed by atoms with E-state index < -0.39 is 23.9 Å². The molecule has 2 atom stereocenters. The third-order valence-electron chi connectivity index (χ3n) is 5.73. The molecule has 0 radical (unpaired) electrons. The van der Waals surface area contributed by atoms with E-state index in [0.29, 0.717) is 6.42 Å².